The van der Waals surface area contributed by atoms with Gasteiger partial charge in [-0.05, 0) is 37.5 Å². The Morgan fingerprint density at radius 3 is 2.57 bits per heavy atom. The van der Waals surface area contributed by atoms with E-state index in [2.05, 4.69) is 0 Å². The molecule has 21 heavy (non-hydrogen) atoms. The number of hydrogen-bond donors (Lipinski definition) is 1. The summed E-state index contributed by atoms with van der Waals surface area (Å²) in [6, 6.07) is 4.42. The predicted molar refractivity (Wildman–Crippen MR) is 73.1 cm³/mol. The van der Waals surface area contributed by atoms with E-state index in [1.807, 2.05) is 0 Å². The van der Waals surface area contributed by atoms with Gasteiger partial charge in [-0.3, -0.25) is 0 Å². The van der Waals surface area contributed by atoms with Crippen LogP contribution < -0.4 is 5.73 Å². The number of alkyl halides is 3. The highest BCUT2D eigenvalue weighted by Gasteiger charge is 2.44. The topological polar surface area (TPSA) is 63.4 Å². The molecule has 1 aliphatic heterocycles. The maximum Gasteiger partial charge on any atom is 0.393 e. The number of rotatable bonds is 2. The maximum atomic E-state index is 12.8. The van der Waals surface area contributed by atoms with Crippen molar-refractivity contribution in [3.63, 3.8) is 0 Å². The van der Waals surface area contributed by atoms with E-state index in [4.69, 9.17) is 5.73 Å². The molecule has 2 N–H and O–H groups in total. The van der Waals surface area contributed by atoms with Crippen LogP contribution in [0.15, 0.2) is 23.1 Å². The van der Waals surface area contributed by atoms with Crippen molar-refractivity contribution in [2.75, 3.05) is 18.8 Å². The van der Waals surface area contributed by atoms with Gasteiger partial charge in [0, 0.05) is 13.1 Å². The third kappa shape index (κ3) is 3.32. The molecule has 1 unspecified atom stereocenters. The fourth-order valence-corrected chi connectivity index (χ4v) is 4.09. The Morgan fingerprint density at radius 2 is 2.00 bits per heavy atom. The summed E-state index contributed by atoms with van der Waals surface area (Å²) < 4.78 is 64.2. The molecular weight excluding hydrogens is 305 g/mol. The molecule has 0 aliphatic carbocycles. The maximum absolute atomic E-state index is 12.8. The molecule has 1 aromatic carbocycles. The minimum atomic E-state index is -4.38. The monoisotopic (exact) mass is 322 g/mol. The molecule has 2 rings (SSSR count). The Labute approximate surface area is 121 Å². The third-order valence-electron chi connectivity index (χ3n) is 3.63. The van der Waals surface area contributed by atoms with E-state index < -0.39 is 28.7 Å². The zero-order valence-corrected chi connectivity index (χ0v) is 12.3. The number of hydrogen-bond acceptors (Lipinski definition) is 3. The summed E-state index contributed by atoms with van der Waals surface area (Å²) in [6.07, 6.45) is -4.24. The number of nitrogen functional groups attached to an aromatic ring is 1. The Morgan fingerprint density at radius 1 is 1.33 bits per heavy atom. The Balaban J connectivity index is 2.31. The number of sulfonamides is 1. The lowest BCUT2D eigenvalue weighted by Crippen LogP contribution is -2.44. The number of benzene rings is 1. The van der Waals surface area contributed by atoms with Gasteiger partial charge in [0.05, 0.1) is 11.6 Å². The predicted octanol–water partition coefficient (Wildman–Crippen LogP) is 2.54. The van der Waals surface area contributed by atoms with Crippen molar-refractivity contribution in [3.05, 3.63) is 23.8 Å². The van der Waals surface area contributed by atoms with Gasteiger partial charge in [-0.2, -0.15) is 17.5 Å². The summed E-state index contributed by atoms with van der Waals surface area (Å²) in [7, 11) is -3.99. The van der Waals surface area contributed by atoms with E-state index in [0.717, 1.165) is 9.87 Å². The van der Waals surface area contributed by atoms with Crippen molar-refractivity contribution in [1.29, 1.82) is 0 Å². The molecule has 0 radical (unpaired) electrons. The van der Waals surface area contributed by atoms with Gasteiger partial charge >= 0.3 is 6.18 Å². The molecule has 1 aromatic rings. The van der Waals surface area contributed by atoms with Crippen LogP contribution in [0.4, 0.5) is 18.9 Å². The van der Waals surface area contributed by atoms with Crippen molar-refractivity contribution in [2.45, 2.75) is 30.8 Å². The number of nitrogens with zero attached hydrogens (tertiary/aromatic N) is 1. The lowest BCUT2D eigenvalue weighted by molar-refractivity contribution is -0.182. The van der Waals surface area contributed by atoms with Crippen LogP contribution in [0.25, 0.3) is 0 Å². The Bertz CT molecular complexity index is 629. The number of nitrogens with two attached hydrogens (primary N) is 1. The van der Waals surface area contributed by atoms with Gasteiger partial charge < -0.3 is 5.73 Å². The standard InChI is InChI=1S/C13H17F3N2O2S/c1-9-4-5-12(11(17)7-9)21(19,20)18-6-2-3-10(8-18)13(14,15)16/h4-5,7,10H,2-3,6,8,17H2,1H3. The lowest BCUT2D eigenvalue weighted by Gasteiger charge is -2.33. The van der Waals surface area contributed by atoms with E-state index in [1.54, 1.807) is 13.0 Å². The minimum absolute atomic E-state index is 0.0428. The summed E-state index contributed by atoms with van der Waals surface area (Å²) in [5.41, 5.74) is 6.56. The highest BCUT2D eigenvalue weighted by molar-refractivity contribution is 7.89. The van der Waals surface area contributed by atoms with Crippen LogP contribution in [-0.4, -0.2) is 32.0 Å². The zero-order valence-electron chi connectivity index (χ0n) is 11.5. The van der Waals surface area contributed by atoms with Crippen molar-refractivity contribution in [1.82, 2.24) is 4.31 Å². The van der Waals surface area contributed by atoms with E-state index in [9.17, 15) is 21.6 Å². The highest BCUT2D eigenvalue weighted by atomic mass is 32.2. The molecule has 118 valence electrons. The van der Waals surface area contributed by atoms with E-state index >= 15 is 0 Å². The van der Waals surface area contributed by atoms with Crippen molar-refractivity contribution >= 4 is 15.7 Å². The molecule has 0 aromatic heterocycles. The van der Waals surface area contributed by atoms with Gasteiger partial charge in [0.15, 0.2) is 0 Å². The zero-order chi connectivity index (χ0) is 15.8. The number of halogens is 3. The molecule has 1 aliphatic rings. The van der Waals surface area contributed by atoms with Gasteiger partial charge in [-0.25, -0.2) is 8.42 Å². The average molecular weight is 322 g/mol. The van der Waals surface area contributed by atoms with Crippen molar-refractivity contribution < 1.29 is 21.6 Å². The molecule has 4 nitrogen and oxygen atoms in total. The first-order valence-electron chi connectivity index (χ1n) is 6.55. The van der Waals surface area contributed by atoms with Gasteiger partial charge in [0.2, 0.25) is 10.0 Å². The molecule has 0 bridgehead atoms. The van der Waals surface area contributed by atoms with Gasteiger partial charge in [0.1, 0.15) is 4.90 Å². The largest absolute Gasteiger partial charge is 0.398 e. The second kappa shape index (κ2) is 5.49. The van der Waals surface area contributed by atoms with Crippen LogP contribution in [0, 0.1) is 12.8 Å². The molecule has 1 fully saturated rings. The fourth-order valence-electron chi connectivity index (χ4n) is 2.47. The molecule has 8 heteroatoms. The Kier molecular flexibility index (Phi) is 4.21. The first-order valence-corrected chi connectivity index (χ1v) is 7.99. The highest BCUT2D eigenvalue weighted by Crippen LogP contribution is 2.35. The summed E-state index contributed by atoms with van der Waals surface area (Å²) in [5.74, 6) is -1.62. The average Bonchev–Trinajstić information content (AvgIpc) is 2.37. The Hall–Kier alpha value is -1.28. The SMILES string of the molecule is Cc1ccc(S(=O)(=O)N2CCCC(C(F)(F)F)C2)c(N)c1. The quantitative estimate of drug-likeness (QED) is 0.851. The van der Waals surface area contributed by atoms with Gasteiger partial charge in [-0.15, -0.1) is 0 Å². The summed E-state index contributed by atoms with van der Waals surface area (Å²) in [4.78, 5) is -0.129. The number of aryl methyl sites for hydroxylation is 1. The van der Waals surface area contributed by atoms with Crippen molar-refractivity contribution in [2.24, 2.45) is 5.92 Å². The molecule has 1 atom stereocenters. The lowest BCUT2D eigenvalue weighted by atomic mass is 9.99. The molecule has 1 saturated heterocycles. The molecule has 0 spiro atoms. The van der Waals surface area contributed by atoms with Crippen LogP contribution in [0.2, 0.25) is 0 Å². The molecule has 0 saturated carbocycles. The normalized spacial score (nSPS) is 21.4. The van der Waals surface area contributed by atoms with Crippen LogP contribution in [0.3, 0.4) is 0 Å². The molecular formula is C13H17F3N2O2S. The summed E-state index contributed by atoms with van der Waals surface area (Å²) in [5, 5.41) is 0. The van der Waals surface area contributed by atoms with Crippen LogP contribution in [-0.2, 0) is 10.0 Å². The van der Waals surface area contributed by atoms with Crippen molar-refractivity contribution in [3.8, 4) is 0 Å². The van der Waals surface area contributed by atoms with Crippen LogP contribution >= 0.6 is 0 Å². The fraction of sp³-hybridized carbons (Fsp3) is 0.538. The molecule has 1 heterocycles. The van der Waals surface area contributed by atoms with Gasteiger partial charge in [-0.1, -0.05) is 6.07 Å². The summed E-state index contributed by atoms with van der Waals surface area (Å²) >= 11 is 0. The van der Waals surface area contributed by atoms with E-state index in [0.29, 0.717) is 0 Å². The summed E-state index contributed by atoms with van der Waals surface area (Å²) in [6.45, 7) is 1.30. The minimum Gasteiger partial charge on any atom is -0.398 e. The number of piperidine rings is 1. The first-order chi connectivity index (χ1) is 9.62. The van der Waals surface area contributed by atoms with Crippen LogP contribution in [0.5, 0.6) is 0 Å². The number of anilines is 1. The second-order valence-electron chi connectivity index (χ2n) is 5.29. The first kappa shape index (κ1) is 16.1. The van der Waals surface area contributed by atoms with Gasteiger partial charge in [0.25, 0.3) is 0 Å². The van der Waals surface area contributed by atoms with E-state index in [1.165, 1.54) is 12.1 Å². The third-order valence-corrected chi connectivity index (χ3v) is 5.57. The molecule has 0 amide bonds. The van der Waals surface area contributed by atoms with Crippen LogP contribution in [0.1, 0.15) is 18.4 Å². The second-order valence-corrected chi connectivity index (χ2v) is 7.19. The van der Waals surface area contributed by atoms with E-state index in [-0.39, 0.29) is 30.0 Å². The smallest absolute Gasteiger partial charge is 0.393 e.